The van der Waals surface area contributed by atoms with Crippen molar-refractivity contribution in [1.29, 1.82) is 0 Å². The summed E-state index contributed by atoms with van der Waals surface area (Å²) in [6.45, 7) is 5.29. The Labute approximate surface area is 144 Å². The van der Waals surface area contributed by atoms with Crippen LogP contribution in [-0.4, -0.2) is 18.5 Å². The van der Waals surface area contributed by atoms with E-state index < -0.39 is 5.97 Å². The van der Waals surface area contributed by atoms with Gasteiger partial charge in [0.2, 0.25) is 0 Å². The summed E-state index contributed by atoms with van der Waals surface area (Å²) in [5, 5.41) is 3.35. The fourth-order valence-electron chi connectivity index (χ4n) is 2.23. The van der Waals surface area contributed by atoms with Gasteiger partial charge in [0.25, 0.3) is 5.91 Å². The maximum absolute atomic E-state index is 12.0. The van der Waals surface area contributed by atoms with Crippen LogP contribution in [0.1, 0.15) is 38.6 Å². The number of benzene rings is 1. The lowest BCUT2D eigenvalue weighted by molar-refractivity contribution is -0.124. The quantitative estimate of drug-likeness (QED) is 0.827. The average Bonchev–Trinajstić information content (AvgIpc) is 2.84. The second-order valence-corrected chi connectivity index (χ2v) is 7.08. The summed E-state index contributed by atoms with van der Waals surface area (Å²) in [6.07, 6.45) is 0. The van der Waals surface area contributed by atoms with Gasteiger partial charge in [0.15, 0.2) is 6.61 Å². The summed E-state index contributed by atoms with van der Waals surface area (Å²) in [7, 11) is 0. The summed E-state index contributed by atoms with van der Waals surface area (Å²) < 4.78 is 5.07. The van der Waals surface area contributed by atoms with Crippen LogP contribution >= 0.6 is 22.9 Å². The van der Waals surface area contributed by atoms with Gasteiger partial charge < -0.3 is 10.1 Å². The number of carbonyl (C=O) groups is 2. The van der Waals surface area contributed by atoms with Gasteiger partial charge >= 0.3 is 5.97 Å². The Balaban J connectivity index is 1.89. The number of nitrogens with one attached hydrogen (secondary N) is 1. The van der Waals surface area contributed by atoms with E-state index in [4.69, 9.17) is 16.3 Å². The molecule has 1 atom stereocenters. The molecule has 0 saturated heterocycles. The number of halogens is 1. The van der Waals surface area contributed by atoms with Crippen LogP contribution in [0, 0.1) is 13.8 Å². The van der Waals surface area contributed by atoms with E-state index >= 15 is 0 Å². The van der Waals surface area contributed by atoms with E-state index in [2.05, 4.69) is 5.32 Å². The molecule has 0 fully saturated rings. The molecule has 122 valence electrons. The monoisotopic (exact) mass is 351 g/mol. The predicted molar refractivity (Wildman–Crippen MR) is 92.1 cm³/mol. The molecular weight excluding hydrogens is 334 g/mol. The summed E-state index contributed by atoms with van der Waals surface area (Å²) >= 11 is 7.62. The lowest BCUT2D eigenvalue weighted by Crippen LogP contribution is -2.31. The molecule has 1 N–H and O–H groups in total. The van der Waals surface area contributed by atoms with Gasteiger partial charge in [-0.1, -0.05) is 29.8 Å². The number of amides is 1. The van der Waals surface area contributed by atoms with E-state index in [1.54, 1.807) is 12.1 Å². The maximum atomic E-state index is 12.0. The Bertz CT molecular complexity index is 726. The van der Waals surface area contributed by atoms with Gasteiger partial charge in [-0.05, 0) is 38.5 Å². The molecule has 2 aromatic rings. The van der Waals surface area contributed by atoms with E-state index in [0.717, 1.165) is 15.3 Å². The highest BCUT2D eigenvalue weighted by Crippen LogP contribution is 2.22. The van der Waals surface area contributed by atoms with E-state index in [9.17, 15) is 9.59 Å². The minimum absolute atomic E-state index is 0.264. The number of carbonyl (C=O) groups excluding carboxylic acids is 2. The smallest absolute Gasteiger partial charge is 0.339 e. The lowest BCUT2D eigenvalue weighted by atomic mass is 10.1. The number of thiophene rings is 1. The van der Waals surface area contributed by atoms with Crippen molar-refractivity contribution in [3.8, 4) is 0 Å². The second kappa shape index (κ2) is 7.62. The molecule has 0 spiro atoms. The van der Waals surface area contributed by atoms with Crippen LogP contribution < -0.4 is 5.32 Å². The average molecular weight is 352 g/mol. The summed E-state index contributed by atoms with van der Waals surface area (Å²) in [5.41, 5.74) is 1.33. The van der Waals surface area contributed by atoms with Gasteiger partial charge in [0.05, 0.1) is 11.6 Å². The highest BCUT2D eigenvalue weighted by atomic mass is 35.5. The first-order chi connectivity index (χ1) is 10.9. The fraction of sp³-hybridized carbons (Fsp3) is 0.294. The van der Waals surface area contributed by atoms with Crippen molar-refractivity contribution in [2.45, 2.75) is 26.8 Å². The van der Waals surface area contributed by atoms with Gasteiger partial charge in [-0.25, -0.2) is 4.79 Å². The van der Waals surface area contributed by atoms with Crippen molar-refractivity contribution in [2.75, 3.05) is 6.61 Å². The van der Waals surface area contributed by atoms with Crippen LogP contribution in [-0.2, 0) is 9.53 Å². The van der Waals surface area contributed by atoms with E-state index in [1.165, 1.54) is 11.3 Å². The third-order valence-corrected chi connectivity index (χ3v) is 4.65. The molecule has 4 nitrogen and oxygen atoms in total. The third-order valence-electron chi connectivity index (χ3n) is 3.34. The van der Waals surface area contributed by atoms with Crippen molar-refractivity contribution < 1.29 is 14.3 Å². The molecule has 0 aliphatic rings. The maximum Gasteiger partial charge on any atom is 0.339 e. The number of ether oxygens (including phenoxy) is 1. The van der Waals surface area contributed by atoms with Crippen LogP contribution in [0.4, 0.5) is 0 Å². The molecule has 0 saturated carbocycles. The second-order valence-electron chi connectivity index (χ2n) is 5.21. The van der Waals surface area contributed by atoms with Crippen LogP contribution in [0.5, 0.6) is 0 Å². The lowest BCUT2D eigenvalue weighted by Gasteiger charge is -2.15. The molecular formula is C17H18ClNO3S. The molecule has 1 aromatic heterocycles. The molecule has 0 unspecified atom stereocenters. The Morgan fingerprint density at radius 1 is 1.30 bits per heavy atom. The van der Waals surface area contributed by atoms with Gasteiger partial charge in [0, 0.05) is 14.8 Å². The molecule has 0 aliphatic carbocycles. The molecule has 23 heavy (non-hydrogen) atoms. The van der Waals surface area contributed by atoms with Crippen molar-refractivity contribution in [1.82, 2.24) is 5.32 Å². The topological polar surface area (TPSA) is 55.4 Å². The zero-order chi connectivity index (χ0) is 17.0. The van der Waals surface area contributed by atoms with Crippen molar-refractivity contribution in [3.63, 3.8) is 0 Å². The Kier molecular flexibility index (Phi) is 5.80. The number of hydrogen-bond donors (Lipinski definition) is 1. The zero-order valence-corrected chi connectivity index (χ0v) is 14.8. The van der Waals surface area contributed by atoms with E-state index in [-0.39, 0.29) is 18.6 Å². The van der Waals surface area contributed by atoms with Gasteiger partial charge in [-0.3, -0.25) is 4.79 Å². The molecule has 1 aromatic carbocycles. The SMILES string of the molecule is Cc1cc(C(=O)OCC(=O)N[C@@H](C)c2ccccc2Cl)c(C)s1. The highest BCUT2D eigenvalue weighted by molar-refractivity contribution is 7.12. The van der Waals surface area contributed by atoms with E-state index in [1.807, 2.05) is 39.0 Å². The highest BCUT2D eigenvalue weighted by Gasteiger charge is 2.17. The summed E-state index contributed by atoms with van der Waals surface area (Å²) in [6, 6.07) is 8.80. The molecule has 2 rings (SSSR count). The molecule has 0 aliphatic heterocycles. The third kappa shape index (κ3) is 4.56. The van der Waals surface area contributed by atoms with Crippen molar-refractivity contribution in [2.24, 2.45) is 0 Å². The van der Waals surface area contributed by atoms with Gasteiger partial charge in [0.1, 0.15) is 0 Å². The minimum atomic E-state index is -0.479. The summed E-state index contributed by atoms with van der Waals surface area (Å²) in [4.78, 5) is 25.8. The Morgan fingerprint density at radius 2 is 2.00 bits per heavy atom. The number of rotatable bonds is 5. The molecule has 1 amide bonds. The van der Waals surface area contributed by atoms with Crippen LogP contribution in [0.2, 0.25) is 5.02 Å². The van der Waals surface area contributed by atoms with Crippen molar-refractivity contribution in [3.05, 3.63) is 56.2 Å². The first kappa shape index (κ1) is 17.5. The molecule has 6 heteroatoms. The Morgan fingerprint density at radius 3 is 2.61 bits per heavy atom. The van der Waals surface area contributed by atoms with Crippen molar-refractivity contribution >= 4 is 34.8 Å². The minimum Gasteiger partial charge on any atom is -0.452 e. The predicted octanol–water partition coefficient (Wildman–Crippen LogP) is 4.05. The zero-order valence-electron chi connectivity index (χ0n) is 13.2. The molecule has 1 heterocycles. The summed E-state index contributed by atoms with van der Waals surface area (Å²) in [5.74, 6) is -0.845. The van der Waals surface area contributed by atoms with Crippen LogP contribution in [0.3, 0.4) is 0 Å². The number of aryl methyl sites for hydroxylation is 2. The number of hydrogen-bond acceptors (Lipinski definition) is 4. The molecule has 0 radical (unpaired) electrons. The largest absolute Gasteiger partial charge is 0.452 e. The van der Waals surface area contributed by atoms with Crippen LogP contribution in [0.25, 0.3) is 0 Å². The van der Waals surface area contributed by atoms with Gasteiger partial charge in [-0.2, -0.15) is 0 Å². The first-order valence-corrected chi connectivity index (χ1v) is 8.36. The van der Waals surface area contributed by atoms with Gasteiger partial charge in [-0.15, -0.1) is 11.3 Å². The molecule has 0 bridgehead atoms. The van der Waals surface area contributed by atoms with E-state index in [0.29, 0.717) is 10.6 Å². The first-order valence-electron chi connectivity index (χ1n) is 7.16. The Hall–Kier alpha value is -1.85. The standard InChI is InChI=1S/C17H18ClNO3S/c1-10-8-14(12(3)23-10)17(21)22-9-16(20)19-11(2)13-6-4-5-7-15(13)18/h4-8,11H,9H2,1-3H3,(H,19,20)/t11-/m0/s1. The normalized spacial score (nSPS) is 11.8. The number of esters is 1. The van der Waals surface area contributed by atoms with Crippen LogP contribution in [0.15, 0.2) is 30.3 Å². The fourth-order valence-corrected chi connectivity index (χ4v) is 3.44.